The van der Waals surface area contributed by atoms with Crippen LogP contribution in [0.15, 0.2) is 48.0 Å². The molecule has 188 valence electrons. The van der Waals surface area contributed by atoms with E-state index in [1.165, 1.54) is 0 Å². The smallest absolute Gasteiger partial charge is 0.412 e. The molecule has 4 aromatic rings. The number of aromatic nitrogens is 2. The standard InChI is InChI=1S/C26H26Cl2N4O3S/c1-2-32-14-23(30-26(33)35-15-17-9-19(27)12-20(28)10-17)22-11-18(3-4-24(22)32)25-29-21(16-36-25)13-31-5-7-34-8-6-31/h3-4,9-12,14,16H,2,5-8,13,15H2,1H3,(H,30,33). The number of ether oxygens (including phenoxy) is 2. The fourth-order valence-electron chi connectivity index (χ4n) is 4.28. The van der Waals surface area contributed by atoms with Gasteiger partial charge >= 0.3 is 6.09 Å². The van der Waals surface area contributed by atoms with Crippen molar-refractivity contribution in [3.63, 3.8) is 0 Å². The summed E-state index contributed by atoms with van der Waals surface area (Å²) in [5.41, 5.74) is 4.51. The zero-order chi connectivity index (χ0) is 25.1. The summed E-state index contributed by atoms with van der Waals surface area (Å²) >= 11 is 13.7. The van der Waals surface area contributed by atoms with Crippen molar-refractivity contribution in [3.05, 3.63) is 69.3 Å². The van der Waals surface area contributed by atoms with E-state index in [2.05, 4.69) is 45.3 Å². The molecule has 1 saturated heterocycles. The first-order chi connectivity index (χ1) is 17.5. The fourth-order valence-corrected chi connectivity index (χ4v) is 5.66. The van der Waals surface area contributed by atoms with Gasteiger partial charge in [0.1, 0.15) is 11.6 Å². The van der Waals surface area contributed by atoms with Gasteiger partial charge in [0.2, 0.25) is 0 Å². The maximum Gasteiger partial charge on any atom is 0.412 e. The van der Waals surface area contributed by atoms with Gasteiger partial charge < -0.3 is 14.0 Å². The molecule has 1 fully saturated rings. The van der Waals surface area contributed by atoms with E-state index in [9.17, 15) is 4.79 Å². The molecular weight excluding hydrogens is 519 g/mol. The molecule has 10 heteroatoms. The summed E-state index contributed by atoms with van der Waals surface area (Å²) in [7, 11) is 0. The summed E-state index contributed by atoms with van der Waals surface area (Å²) in [5.74, 6) is 0. The van der Waals surface area contributed by atoms with Crippen molar-refractivity contribution in [2.75, 3.05) is 31.6 Å². The lowest BCUT2D eigenvalue weighted by Crippen LogP contribution is -2.35. The second-order valence-electron chi connectivity index (χ2n) is 8.57. The number of hydrogen-bond donors (Lipinski definition) is 1. The first-order valence-corrected chi connectivity index (χ1v) is 13.4. The third-order valence-electron chi connectivity index (χ3n) is 6.04. The zero-order valence-electron chi connectivity index (χ0n) is 19.8. The highest BCUT2D eigenvalue weighted by atomic mass is 35.5. The SMILES string of the molecule is CCn1cc(NC(=O)OCc2cc(Cl)cc(Cl)c2)c2cc(-c3nc(CN4CCOCC4)cs3)ccc21. The molecule has 3 heterocycles. The van der Waals surface area contributed by atoms with Crippen LogP contribution in [0, 0.1) is 0 Å². The van der Waals surface area contributed by atoms with Gasteiger partial charge in [-0.05, 0) is 48.9 Å². The van der Waals surface area contributed by atoms with Gasteiger partial charge in [0, 0.05) is 58.8 Å². The number of morpholine rings is 1. The summed E-state index contributed by atoms with van der Waals surface area (Å²) in [6.07, 6.45) is 1.38. The topological polar surface area (TPSA) is 68.6 Å². The number of aryl methyl sites for hydroxylation is 1. The van der Waals surface area contributed by atoms with Crippen molar-refractivity contribution in [2.24, 2.45) is 0 Å². The molecular formula is C26H26Cl2N4O3S. The molecule has 0 atom stereocenters. The number of fused-ring (bicyclic) bond motifs is 1. The van der Waals surface area contributed by atoms with E-state index in [-0.39, 0.29) is 6.61 Å². The Hall–Kier alpha value is -2.62. The number of benzene rings is 2. The number of amides is 1. The molecule has 5 rings (SSSR count). The first-order valence-electron chi connectivity index (χ1n) is 11.7. The number of anilines is 1. The summed E-state index contributed by atoms with van der Waals surface area (Å²) in [4.78, 5) is 19.8. The largest absolute Gasteiger partial charge is 0.444 e. The number of nitrogens with one attached hydrogen (secondary N) is 1. The van der Waals surface area contributed by atoms with Gasteiger partial charge in [-0.1, -0.05) is 23.2 Å². The molecule has 0 aliphatic carbocycles. The highest BCUT2D eigenvalue weighted by molar-refractivity contribution is 7.13. The number of carbonyl (C=O) groups excluding carboxylic acids is 1. The molecule has 0 radical (unpaired) electrons. The van der Waals surface area contributed by atoms with Crippen LogP contribution in [0.4, 0.5) is 10.5 Å². The van der Waals surface area contributed by atoms with Gasteiger partial charge in [-0.25, -0.2) is 9.78 Å². The molecule has 0 bridgehead atoms. The minimum Gasteiger partial charge on any atom is -0.444 e. The number of hydrogen-bond acceptors (Lipinski definition) is 6. The van der Waals surface area contributed by atoms with Crippen LogP contribution in [0.2, 0.25) is 10.0 Å². The molecule has 7 nitrogen and oxygen atoms in total. The first kappa shape index (κ1) is 25.0. The van der Waals surface area contributed by atoms with E-state index >= 15 is 0 Å². The second kappa shape index (κ2) is 11.2. The van der Waals surface area contributed by atoms with Crippen molar-refractivity contribution >= 4 is 57.2 Å². The summed E-state index contributed by atoms with van der Waals surface area (Å²) in [6.45, 7) is 7.13. The summed E-state index contributed by atoms with van der Waals surface area (Å²) in [5, 5.41) is 7.89. The molecule has 1 aliphatic heterocycles. The third kappa shape index (κ3) is 5.85. The Labute approximate surface area is 223 Å². The van der Waals surface area contributed by atoms with Crippen molar-refractivity contribution in [1.29, 1.82) is 0 Å². The Kier molecular flexibility index (Phi) is 7.79. The number of carbonyl (C=O) groups is 1. The predicted molar refractivity (Wildman–Crippen MR) is 145 cm³/mol. The highest BCUT2D eigenvalue weighted by Gasteiger charge is 2.16. The van der Waals surface area contributed by atoms with Crippen LogP contribution in [0.25, 0.3) is 21.5 Å². The monoisotopic (exact) mass is 544 g/mol. The average molecular weight is 545 g/mol. The van der Waals surface area contributed by atoms with Crippen LogP contribution in [0.5, 0.6) is 0 Å². The minimum absolute atomic E-state index is 0.0643. The van der Waals surface area contributed by atoms with E-state index in [4.69, 9.17) is 37.7 Å². The lowest BCUT2D eigenvalue weighted by molar-refractivity contribution is 0.0337. The summed E-state index contributed by atoms with van der Waals surface area (Å²) in [6, 6.07) is 11.3. The number of thiazole rings is 1. The van der Waals surface area contributed by atoms with E-state index < -0.39 is 6.09 Å². The Morgan fingerprint density at radius 1 is 1.17 bits per heavy atom. The van der Waals surface area contributed by atoms with E-state index in [0.717, 1.165) is 72.1 Å². The average Bonchev–Trinajstić information content (AvgIpc) is 3.47. The second-order valence-corrected chi connectivity index (χ2v) is 10.3. The maximum atomic E-state index is 12.6. The Balaban J connectivity index is 1.33. The van der Waals surface area contributed by atoms with Gasteiger partial charge in [0.15, 0.2) is 0 Å². The quantitative estimate of drug-likeness (QED) is 0.281. The van der Waals surface area contributed by atoms with Gasteiger partial charge in [0.25, 0.3) is 0 Å². The fraction of sp³-hybridized carbons (Fsp3) is 0.308. The number of halogens is 2. The molecule has 36 heavy (non-hydrogen) atoms. The van der Waals surface area contributed by atoms with E-state index in [1.54, 1.807) is 29.5 Å². The van der Waals surface area contributed by atoms with Crippen LogP contribution in [0.1, 0.15) is 18.2 Å². The molecule has 0 spiro atoms. The molecule has 1 amide bonds. The van der Waals surface area contributed by atoms with Gasteiger partial charge in [-0.2, -0.15) is 0 Å². The third-order valence-corrected chi connectivity index (χ3v) is 7.42. The van der Waals surface area contributed by atoms with Crippen LogP contribution in [-0.2, 0) is 29.2 Å². The lowest BCUT2D eigenvalue weighted by atomic mass is 10.1. The van der Waals surface area contributed by atoms with Crippen LogP contribution < -0.4 is 5.32 Å². The Bertz CT molecular complexity index is 1360. The van der Waals surface area contributed by atoms with Crippen LogP contribution in [-0.4, -0.2) is 46.8 Å². The number of nitrogens with zero attached hydrogens (tertiary/aromatic N) is 3. The molecule has 2 aromatic heterocycles. The predicted octanol–water partition coefficient (Wildman–Crippen LogP) is 6.67. The molecule has 0 unspecified atom stereocenters. The Morgan fingerprint density at radius 2 is 1.94 bits per heavy atom. The van der Waals surface area contributed by atoms with Crippen LogP contribution >= 0.6 is 34.5 Å². The van der Waals surface area contributed by atoms with E-state index in [1.807, 2.05) is 6.20 Å². The van der Waals surface area contributed by atoms with Crippen molar-refractivity contribution in [3.8, 4) is 10.6 Å². The molecule has 2 aromatic carbocycles. The van der Waals surface area contributed by atoms with Crippen molar-refractivity contribution in [1.82, 2.24) is 14.5 Å². The van der Waals surface area contributed by atoms with Crippen LogP contribution in [0.3, 0.4) is 0 Å². The van der Waals surface area contributed by atoms with Gasteiger partial charge in [0.05, 0.1) is 30.1 Å². The lowest BCUT2D eigenvalue weighted by Gasteiger charge is -2.25. The molecule has 1 aliphatic rings. The number of rotatable bonds is 7. The van der Waals surface area contributed by atoms with Gasteiger partial charge in [-0.15, -0.1) is 11.3 Å². The normalized spacial score (nSPS) is 14.3. The minimum atomic E-state index is -0.547. The molecule has 1 N–H and O–H groups in total. The van der Waals surface area contributed by atoms with Gasteiger partial charge in [-0.3, -0.25) is 10.2 Å². The Morgan fingerprint density at radius 3 is 2.69 bits per heavy atom. The maximum absolute atomic E-state index is 12.6. The molecule has 0 saturated carbocycles. The van der Waals surface area contributed by atoms with Crippen molar-refractivity contribution in [2.45, 2.75) is 26.6 Å². The zero-order valence-corrected chi connectivity index (χ0v) is 22.1. The highest BCUT2D eigenvalue weighted by Crippen LogP contribution is 2.33. The summed E-state index contributed by atoms with van der Waals surface area (Å²) < 4.78 is 13.0. The van der Waals surface area contributed by atoms with E-state index in [0.29, 0.717) is 15.7 Å². The van der Waals surface area contributed by atoms with Crippen molar-refractivity contribution < 1.29 is 14.3 Å².